The van der Waals surface area contributed by atoms with Crippen molar-refractivity contribution in [1.82, 2.24) is 14.8 Å². The summed E-state index contributed by atoms with van der Waals surface area (Å²) in [6.45, 7) is 3.05. The number of halogens is 3. The number of anilines is 1. The zero-order valence-electron chi connectivity index (χ0n) is 15.1. The molecule has 0 saturated heterocycles. The van der Waals surface area contributed by atoms with E-state index in [1.54, 1.807) is 30.3 Å². The van der Waals surface area contributed by atoms with Crippen molar-refractivity contribution in [2.45, 2.75) is 25.6 Å². The third-order valence-corrected chi connectivity index (χ3v) is 3.90. The van der Waals surface area contributed by atoms with E-state index in [-0.39, 0.29) is 11.4 Å². The van der Waals surface area contributed by atoms with Gasteiger partial charge >= 0.3 is 6.18 Å². The van der Waals surface area contributed by atoms with Gasteiger partial charge in [0.05, 0.1) is 16.9 Å². The van der Waals surface area contributed by atoms with Crippen LogP contribution in [0.3, 0.4) is 0 Å². The highest BCUT2D eigenvalue weighted by Gasteiger charge is 2.34. The minimum atomic E-state index is -4.56. The number of hydrogen-bond acceptors (Lipinski definition) is 4. The normalized spacial score (nSPS) is 11.9. The number of nitrogens with one attached hydrogen (secondary N) is 1. The molecule has 1 N–H and O–H groups in total. The first kappa shape index (κ1) is 19.4. The molecule has 9 heteroatoms. The lowest BCUT2D eigenvalue weighted by molar-refractivity contribution is -0.137. The number of para-hydroxylation sites is 1. The molecule has 0 unspecified atom stereocenters. The van der Waals surface area contributed by atoms with E-state index in [4.69, 9.17) is 4.74 Å². The van der Waals surface area contributed by atoms with E-state index in [0.717, 1.165) is 12.1 Å². The molecule has 6 nitrogen and oxygen atoms in total. The average molecular weight is 390 g/mol. The van der Waals surface area contributed by atoms with Crippen molar-refractivity contribution in [2.75, 3.05) is 5.32 Å². The second-order valence-electron chi connectivity index (χ2n) is 6.45. The number of carbonyl (C=O) groups is 1. The van der Waals surface area contributed by atoms with E-state index in [2.05, 4.69) is 15.4 Å². The van der Waals surface area contributed by atoms with Gasteiger partial charge in [-0.15, -0.1) is 0 Å². The van der Waals surface area contributed by atoms with Crippen LogP contribution in [0.25, 0.3) is 5.69 Å². The van der Waals surface area contributed by atoms with Crippen LogP contribution in [0, 0.1) is 0 Å². The summed E-state index contributed by atoms with van der Waals surface area (Å²) in [6.07, 6.45) is -1.99. The molecule has 0 radical (unpaired) electrons. The lowest BCUT2D eigenvalue weighted by atomic mass is 10.1. The van der Waals surface area contributed by atoms with Crippen molar-refractivity contribution in [2.24, 2.45) is 0 Å². The van der Waals surface area contributed by atoms with Gasteiger partial charge in [-0.05, 0) is 44.2 Å². The fraction of sp³-hybridized carbons (Fsp3) is 0.211. The van der Waals surface area contributed by atoms with Crippen LogP contribution in [0.1, 0.15) is 19.4 Å². The van der Waals surface area contributed by atoms with Gasteiger partial charge in [0, 0.05) is 0 Å². The second kappa shape index (κ2) is 7.34. The van der Waals surface area contributed by atoms with Crippen molar-refractivity contribution in [1.29, 1.82) is 0 Å². The van der Waals surface area contributed by atoms with E-state index >= 15 is 0 Å². The maximum absolute atomic E-state index is 13.1. The number of alkyl halides is 3. The van der Waals surface area contributed by atoms with E-state index in [9.17, 15) is 18.0 Å². The number of rotatable bonds is 5. The van der Waals surface area contributed by atoms with E-state index in [1.165, 1.54) is 37.3 Å². The molecule has 0 bridgehead atoms. The number of nitrogens with zero attached hydrogens (tertiary/aromatic N) is 3. The SMILES string of the molecule is CC(C)(Oc1ccccc1)C(=O)Nc1cc(C(F)(F)F)ccc1-n1cncn1. The summed E-state index contributed by atoms with van der Waals surface area (Å²) in [7, 11) is 0. The Bertz CT molecular complexity index is 955. The first-order chi connectivity index (χ1) is 13.2. The molecule has 1 amide bonds. The number of amides is 1. The first-order valence-electron chi connectivity index (χ1n) is 8.28. The Labute approximate surface area is 159 Å². The standard InChI is InChI=1S/C19H17F3N4O2/c1-18(2,28-14-6-4-3-5-7-14)17(27)25-15-10-13(19(20,21)22)8-9-16(15)26-12-23-11-24-26/h3-12H,1-2H3,(H,25,27). The Morgan fingerprint density at radius 3 is 2.43 bits per heavy atom. The van der Waals surface area contributed by atoms with Gasteiger partial charge in [0.25, 0.3) is 5.91 Å². The Morgan fingerprint density at radius 2 is 1.82 bits per heavy atom. The lowest BCUT2D eigenvalue weighted by Crippen LogP contribution is -2.42. The average Bonchev–Trinajstić information content (AvgIpc) is 3.16. The number of hydrogen-bond donors (Lipinski definition) is 1. The van der Waals surface area contributed by atoms with Crippen LogP contribution >= 0.6 is 0 Å². The van der Waals surface area contributed by atoms with Crippen molar-refractivity contribution in [3.8, 4) is 11.4 Å². The second-order valence-corrected chi connectivity index (χ2v) is 6.45. The number of benzene rings is 2. The Kier molecular flexibility index (Phi) is 5.08. The minimum Gasteiger partial charge on any atom is -0.478 e. The quantitative estimate of drug-likeness (QED) is 0.713. The summed E-state index contributed by atoms with van der Waals surface area (Å²) in [5, 5.41) is 6.44. The molecule has 3 rings (SSSR count). The number of carbonyl (C=O) groups excluding carboxylic acids is 1. The summed E-state index contributed by atoms with van der Waals surface area (Å²) < 4.78 is 46.3. The van der Waals surface area contributed by atoms with Crippen LogP contribution in [0.5, 0.6) is 5.75 Å². The van der Waals surface area contributed by atoms with Crippen molar-refractivity contribution < 1.29 is 22.7 Å². The van der Waals surface area contributed by atoms with Gasteiger partial charge in [0.2, 0.25) is 0 Å². The third-order valence-electron chi connectivity index (χ3n) is 3.90. The van der Waals surface area contributed by atoms with Gasteiger partial charge in [-0.1, -0.05) is 18.2 Å². The van der Waals surface area contributed by atoms with Gasteiger partial charge in [-0.3, -0.25) is 4.79 Å². The minimum absolute atomic E-state index is 0.0601. The molecule has 28 heavy (non-hydrogen) atoms. The molecule has 1 aromatic heterocycles. The molecule has 0 aliphatic heterocycles. The molecule has 3 aromatic rings. The van der Waals surface area contributed by atoms with Gasteiger partial charge in [0.1, 0.15) is 18.4 Å². The molecular formula is C19H17F3N4O2. The van der Waals surface area contributed by atoms with Crippen LogP contribution in [-0.2, 0) is 11.0 Å². The topological polar surface area (TPSA) is 69.0 Å². The smallest absolute Gasteiger partial charge is 0.416 e. The van der Waals surface area contributed by atoms with Gasteiger partial charge in [-0.2, -0.15) is 18.3 Å². The van der Waals surface area contributed by atoms with Crippen molar-refractivity contribution >= 4 is 11.6 Å². The molecule has 0 saturated carbocycles. The van der Waals surface area contributed by atoms with E-state index < -0.39 is 23.2 Å². The largest absolute Gasteiger partial charge is 0.478 e. The number of aromatic nitrogens is 3. The fourth-order valence-corrected chi connectivity index (χ4v) is 2.45. The van der Waals surface area contributed by atoms with Crippen LogP contribution in [0.15, 0.2) is 61.2 Å². The van der Waals surface area contributed by atoms with E-state index in [0.29, 0.717) is 5.75 Å². The van der Waals surface area contributed by atoms with Crippen molar-refractivity contribution in [3.63, 3.8) is 0 Å². The van der Waals surface area contributed by atoms with Crippen LogP contribution < -0.4 is 10.1 Å². The lowest BCUT2D eigenvalue weighted by Gasteiger charge is -2.26. The zero-order chi connectivity index (χ0) is 20.4. The molecular weight excluding hydrogens is 373 g/mol. The molecule has 0 atom stereocenters. The first-order valence-corrected chi connectivity index (χ1v) is 8.28. The molecule has 0 fully saturated rings. The number of ether oxygens (including phenoxy) is 1. The van der Waals surface area contributed by atoms with Crippen LogP contribution in [0.4, 0.5) is 18.9 Å². The molecule has 146 valence electrons. The Hall–Kier alpha value is -3.36. The van der Waals surface area contributed by atoms with Gasteiger partial charge in [0.15, 0.2) is 5.60 Å². The summed E-state index contributed by atoms with van der Waals surface area (Å²) in [6, 6.07) is 11.6. The Balaban J connectivity index is 1.92. The fourth-order valence-electron chi connectivity index (χ4n) is 2.45. The summed E-state index contributed by atoms with van der Waals surface area (Å²) in [5.74, 6) is -0.153. The highest BCUT2D eigenvalue weighted by molar-refractivity contribution is 5.98. The molecule has 0 aliphatic rings. The summed E-state index contributed by atoms with van der Waals surface area (Å²) >= 11 is 0. The molecule has 0 spiro atoms. The van der Waals surface area contributed by atoms with E-state index in [1.807, 2.05) is 0 Å². The van der Waals surface area contributed by atoms with Crippen molar-refractivity contribution in [3.05, 3.63) is 66.7 Å². The monoisotopic (exact) mass is 390 g/mol. The predicted molar refractivity (Wildman–Crippen MR) is 96.1 cm³/mol. The van der Waals surface area contributed by atoms with Gasteiger partial charge in [-0.25, -0.2) is 9.67 Å². The van der Waals surface area contributed by atoms with Crippen LogP contribution in [0.2, 0.25) is 0 Å². The third kappa shape index (κ3) is 4.30. The van der Waals surface area contributed by atoms with Crippen LogP contribution in [-0.4, -0.2) is 26.3 Å². The highest BCUT2D eigenvalue weighted by atomic mass is 19.4. The Morgan fingerprint density at radius 1 is 1.11 bits per heavy atom. The molecule has 0 aliphatic carbocycles. The summed E-state index contributed by atoms with van der Waals surface area (Å²) in [4.78, 5) is 16.5. The van der Waals surface area contributed by atoms with Gasteiger partial charge < -0.3 is 10.1 Å². The molecule has 2 aromatic carbocycles. The molecule has 1 heterocycles. The maximum atomic E-state index is 13.1. The zero-order valence-corrected chi connectivity index (χ0v) is 15.1. The maximum Gasteiger partial charge on any atom is 0.416 e. The highest BCUT2D eigenvalue weighted by Crippen LogP contribution is 2.33. The summed E-state index contributed by atoms with van der Waals surface area (Å²) in [5.41, 5.74) is -2.05. The predicted octanol–water partition coefficient (Wildman–Crippen LogP) is 4.08.